The summed E-state index contributed by atoms with van der Waals surface area (Å²) in [5, 5.41) is 17.8. The fourth-order valence-electron chi connectivity index (χ4n) is 2.24. The molecule has 0 bridgehead atoms. The molecule has 9 heteroatoms. The van der Waals surface area contributed by atoms with Gasteiger partial charge in [0, 0.05) is 30.4 Å². The zero-order valence-electron chi connectivity index (χ0n) is 13.9. The maximum absolute atomic E-state index is 12.2. The van der Waals surface area contributed by atoms with E-state index in [9.17, 15) is 19.7 Å². The number of amides is 1. The summed E-state index contributed by atoms with van der Waals surface area (Å²) < 4.78 is 1.22. The van der Waals surface area contributed by atoms with Gasteiger partial charge in [-0.15, -0.1) is 0 Å². The predicted octanol–water partition coefficient (Wildman–Crippen LogP) is 0.916. The number of hydrogen-bond acceptors (Lipinski definition) is 6. The second kappa shape index (κ2) is 7.67. The van der Waals surface area contributed by atoms with Crippen molar-refractivity contribution in [3.05, 3.63) is 62.1 Å². The third-order valence-corrected chi connectivity index (χ3v) is 3.51. The van der Waals surface area contributed by atoms with Crippen LogP contribution in [-0.4, -0.2) is 33.2 Å². The molecule has 0 saturated heterocycles. The van der Waals surface area contributed by atoms with E-state index in [0.29, 0.717) is 18.7 Å². The quantitative estimate of drug-likeness (QED) is 0.590. The third kappa shape index (κ3) is 4.27. The number of nitrogens with two attached hydrogens (primary N) is 1. The maximum Gasteiger partial charge on any atom is 0.294 e. The summed E-state index contributed by atoms with van der Waals surface area (Å²) >= 11 is 0. The lowest BCUT2D eigenvalue weighted by molar-refractivity contribution is -0.384. The van der Waals surface area contributed by atoms with Gasteiger partial charge in [-0.3, -0.25) is 19.7 Å². The van der Waals surface area contributed by atoms with E-state index in [1.165, 1.54) is 28.9 Å². The number of benzene rings is 1. The smallest absolute Gasteiger partial charge is 0.294 e. The highest BCUT2D eigenvalue weighted by Crippen LogP contribution is 2.22. The minimum absolute atomic E-state index is 0.0881. The number of aromatic nitrogens is 2. The van der Waals surface area contributed by atoms with Gasteiger partial charge in [-0.1, -0.05) is 12.1 Å². The Hall–Kier alpha value is -3.07. The molecule has 1 aromatic heterocycles. The number of nitrogens with zero attached hydrogens (tertiary/aromatic N) is 3. The van der Waals surface area contributed by atoms with Crippen molar-refractivity contribution in [3.63, 3.8) is 0 Å². The molecule has 9 nitrogen and oxygen atoms in total. The molecule has 1 aromatic carbocycles. The van der Waals surface area contributed by atoms with Crippen molar-refractivity contribution >= 4 is 11.6 Å². The fourth-order valence-corrected chi connectivity index (χ4v) is 2.24. The van der Waals surface area contributed by atoms with Crippen LogP contribution in [0.2, 0.25) is 0 Å². The largest absolute Gasteiger partial charge is 0.350 e. The molecule has 1 amide bonds. The molecule has 0 fully saturated rings. The Bertz CT molecular complexity index is 860. The number of rotatable bonds is 6. The number of nitrogens with one attached hydrogen (secondary N) is 1. The summed E-state index contributed by atoms with van der Waals surface area (Å²) in [6, 6.07) is 7.11. The van der Waals surface area contributed by atoms with Crippen molar-refractivity contribution in [3.8, 4) is 5.69 Å². The average Bonchev–Trinajstić information content (AvgIpc) is 2.54. The lowest BCUT2D eigenvalue weighted by atomic mass is 10.2. The van der Waals surface area contributed by atoms with Crippen LogP contribution in [0.4, 0.5) is 5.69 Å². The minimum Gasteiger partial charge on any atom is -0.350 e. The summed E-state index contributed by atoms with van der Waals surface area (Å²) in [5.41, 5.74) is 5.12. The number of carbonyl (C=O) groups is 1. The van der Waals surface area contributed by atoms with Gasteiger partial charge in [0.05, 0.1) is 4.92 Å². The molecule has 0 saturated carbocycles. The summed E-state index contributed by atoms with van der Waals surface area (Å²) in [6.45, 7) is 3.69. The van der Waals surface area contributed by atoms with Crippen molar-refractivity contribution in [2.24, 2.45) is 5.73 Å². The lowest BCUT2D eigenvalue weighted by Gasteiger charge is -2.12. The standard InChI is InChI=1S/C16H19N5O4/c1-10(17)7-8-18-16(23)15-14(22)9-11(2)20(19-15)12-5-3-4-6-13(12)21(24)25/h3-6,9-10H,7-8,17H2,1-2H3,(H,18,23). The van der Waals surface area contributed by atoms with Gasteiger partial charge in [-0.25, -0.2) is 4.68 Å². The molecule has 0 aliphatic rings. The second-order valence-electron chi connectivity index (χ2n) is 5.68. The third-order valence-electron chi connectivity index (χ3n) is 3.51. The molecule has 1 unspecified atom stereocenters. The Morgan fingerprint density at radius 1 is 1.44 bits per heavy atom. The van der Waals surface area contributed by atoms with Crippen molar-refractivity contribution in [1.82, 2.24) is 15.1 Å². The van der Waals surface area contributed by atoms with Crippen LogP contribution in [0.1, 0.15) is 29.5 Å². The normalized spacial score (nSPS) is 11.8. The molecule has 0 radical (unpaired) electrons. The first-order valence-corrected chi connectivity index (χ1v) is 7.70. The summed E-state index contributed by atoms with van der Waals surface area (Å²) in [4.78, 5) is 34.9. The molecule has 0 aliphatic carbocycles. The zero-order valence-corrected chi connectivity index (χ0v) is 13.9. The fraction of sp³-hybridized carbons (Fsp3) is 0.312. The molecule has 25 heavy (non-hydrogen) atoms. The van der Waals surface area contributed by atoms with E-state index in [1.807, 2.05) is 0 Å². The lowest BCUT2D eigenvalue weighted by Crippen LogP contribution is -2.34. The van der Waals surface area contributed by atoms with Gasteiger partial charge in [0.15, 0.2) is 5.69 Å². The first-order valence-electron chi connectivity index (χ1n) is 7.70. The summed E-state index contributed by atoms with van der Waals surface area (Å²) in [5.74, 6) is -0.641. The highest BCUT2D eigenvalue weighted by atomic mass is 16.6. The highest BCUT2D eigenvalue weighted by molar-refractivity contribution is 5.92. The van der Waals surface area contributed by atoms with E-state index in [2.05, 4.69) is 10.4 Å². The van der Waals surface area contributed by atoms with Crippen LogP contribution in [0, 0.1) is 17.0 Å². The first-order chi connectivity index (χ1) is 11.8. The van der Waals surface area contributed by atoms with E-state index in [1.54, 1.807) is 19.9 Å². The molecule has 0 spiro atoms. The molecule has 2 aromatic rings. The van der Waals surface area contributed by atoms with Crippen LogP contribution in [-0.2, 0) is 0 Å². The summed E-state index contributed by atoms with van der Waals surface area (Å²) in [6.07, 6.45) is 0.552. The van der Waals surface area contributed by atoms with Crippen LogP contribution >= 0.6 is 0 Å². The predicted molar refractivity (Wildman–Crippen MR) is 91.8 cm³/mol. The Labute approximate surface area is 143 Å². The van der Waals surface area contributed by atoms with Crippen LogP contribution < -0.4 is 16.5 Å². The van der Waals surface area contributed by atoms with Crippen molar-refractivity contribution < 1.29 is 9.72 Å². The number of aryl methyl sites for hydroxylation is 1. The number of nitro groups is 1. The number of nitro benzene ring substituents is 1. The van der Waals surface area contributed by atoms with E-state index in [4.69, 9.17) is 5.73 Å². The Morgan fingerprint density at radius 3 is 2.76 bits per heavy atom. The van der Waals surface area contributed by atoms with Gasteiger partial charge < -0.3 is 11.1 Å². The molecular formula is C16H19N5O4. The molecule has 3 N–H and O–H groups in total. The molecule has 1 heterocycles. The average molecular weight is 345 g/mol. The van der Waals surface area contributed by atoms with E-state index >= 15 is 0 Å². The monoisotopic (exact) mass is 345 g/mol. The van der Waals surface area contributed by atoms with Crippen molar-refractivity contribution in [1.29, 1.82) is 0 Å². The van der Waals surface area contributed by atoms with E-state index in [-0.39, 0.29) is 23.1 Å². The number of carbonyl (C=O) groups excluding carboxylic acids is 1. The molecular weight excluding hydrogens is 326 g/mol. The zero-order chi connectivity index (χ0) is 18.6. The van der Waals surface area contributed by atoms with Gasteiger partial charge >= 0.3 is 0 Å². The van der Waals surface area contributed by atoms with Gasteiger partial charge in [0.1, 0.15) is 5.69 Å². The highest BCUT2D eigenvalue weighted by Gasteiger charge is 2.19. The van der Waals surface area contributed by atoms with Crippen LogP contribution in [0.5, 0.6) is 0 Å². The van der Waals surface area contributed by atoms with Crippen LogP contribution in [0.25, 0.3) is 5.69 Å². The Kier molecular flexibility index (Phi) is 5.60. The molecule has 1 atom stereocenters. The molecule has 132 valence electrons. The van der Waals surface area contributed by atoms with Crippen molar-refractivity contribution in [2.75, 3.05) is 6.54 Å². The minimum atomic E-state index is -0.641. The van der Waals surface area contributed by atoms with Crippen LogP contribution in [0.3, 0.4) is 0 Å². The van der Waals surface area contributed by atoms with Crippen LogP contribution in [0.15, 0.2) is 35.1 Å². The van der Waals surface area contributed by atoms with E-state index in [0.717, 1.165) is 0 Å². The molecule has 2 rings (SSSR count). The summed E-state index contributed by atoms with van der Waals surface area (Å²) in [7, 11) is 0. The SMILES string of the molecule is Cc1cc(=O)c(C(=O)NCCC(C)N)nn1-c1ccccc1[N+](=O)[O-]. The number of hydrogen-bond donors (Lipinski definition) is 2. The Balaban J connectivity index is 2.44. The van der Waals surface area contributed by atoms with Gasteiger partial charge in [0.25, 0.3) is 11.6 Å². The first kappa shape index (κ1) is 18.3. The van der Waals surface area contributed by atoms with Crippen molar-refractivity contribution in [2.45, 2.75) is 26.3 Å². The van der Waals surface area contributed by atoms with E-state index < -0.39 is 16.3 Å². The maximum atomic E-state index is 12.2. The molecule has 0 aliphatic heterocycles. The Morgan fingerprint density at radius 2 is 2.12 bits per heavy atom. The van der Waals surface area contributed by atoms with Gasteiger partial charge in [-0.2, -0.15) is 5.10 Å². The topological polar surface area (TPSA) is 133 Å². The number of para-hydroxylation sites is 2. The van der Waals surface area contributed by atoms with Gasteiger partial charge in [0.2, 0.25) is 5.43 Å². The second-order valence-corrected chi connectivity index (χ2v) is 5.68. The van der Waals surface area contributed by atoms with Gasteiger partial charge in [-0.05, 0) is 26.3 Å².